The fourth-order valence-corrected chi connectivity index (χ4v) is 2.51. The molecule has 0 aromatic carbocycles. The van der Waals surface area contributed by atoms with Crippen molar-refractivity contribution in [2.24, 2.45) is 11.3 Å². The number of rotatable bonds is 4. The van der Waals surface area contributed by atoms with E-state index in [1.54, 1.807) is 20.8 Å². The fraction of sp³-hybridized carbons (Fsp3) is 0.857. The molecule has 6 heteroatoms. The van der Waals surface area contributed by atoms with E-state index >= 15 is 0 Å². The molecular weight excluding hydrogens is 258 g/mol. The summed E-state index contributed by atoms with van der Waals surface area (Å²) in [5.74, 6) is -0.567. The van der Waals surface area contributed by atoms with Crippen LogP contribution >= 0.6 is 0 Å². The van der Waals surface area contributed by atoms with Crippen molar-refractivity contribution in [2.75, 3.05) is 26.7 Å². The lowest BCUT2D eigenvalue weighted by molar-refractivity contribution is -0.141. The molecule has 1 rings (SSSR count). The molecule has 1 unspecified atom stereocenters. The Morgan fingerprint density at radius 3 is 2.55 bits per heavy atom. The molecule has 2 amide bonds. The number of carboxylic acid groups (broad SMARTS) is 1. The molecular formula is C14H27N3O3. The number of hydrogen-bond donors (Lipinski definition) is 3. The minimum absolute atomic E-state index is 0.402. The monoisotopic (exact) mass is 285 g/mol. The van der Waals surface area contributed by atoms with Gasteiger partial charge in [-0.25, -0.2) is 9.59 Å². The number of carboxylic acids is 1. The SMILES string of the molecule is CN1CCCC(CNC(=O)N[C@H](C(=O)O)C(C)(C)C)C1. The van der Waals surface area contributed by atoms with Gasteiger partial charge in [-0.1, -0.05) is 20.8 Å². The van der Waals surface area contributed by atoms with Gasteiger partial charge in [0, 0.05) is 13.1 Å². The van der Waals surface area contributed by atoms with Crippen molar-refractivity contribution in [2.45, 2.75) is 39.7 Å². The van der Waals surface area contributed by atoms with Crippen LogP contribution in [0.15, 0.2) is 0 Å². The summed E-state index contributed by atoms with van der Waals surface area (Å²) in [6.07, 6.45) is 2.25. The first kappa shape index (κ1) is 16.8. The van der Waals surface area contributed by atoms with Gasteiger partial charge in [-0.05, 0) is 37.8 Å². The highest BCUT2D eigenvalue weighted by atomic mass is 16.4. The van der Waals surface area contributed by atoms with E-state index in [0.717, 1.165) is 25.9 Å². The average Bonchev–Trinajstić information content (AvgIpc) is 2.31. The zero-order valence-electron chi connectivity index (χ0n) is 12.9. The Labute approximate surface area is 120 Å². The van der Waals surface area contributed by atoms with E-state index in [4.69, 9.17) is 5.11 Å². The molecule has 1 fully saturated rings. The maximum atomic E-state index is 11.8. The largest absolute Gasteiger partial charge is 0.480 e. The summed E-state index contributed by atoms with van der Waals surface area (Å²) in [5.41, 5.74) is -0.520. The topological polar surface area (TPSA) is 81.7 Å². The van der Waals surface area contributed by atoms with E-state index in [2.05, 4.69) is 22.6 Å². The standard InChI is InChI=1S/C14H27N3O3/c1-14(2,3)11(12(18)19)16-13(20)15-8-10-6-5-7-17(4)9-10/h10-11H,5-9H2,1-4H3,(H,18,19)(H2,15,16,20)/t10?,11-/m1/s1. The van der Waals surface area contributed by atoms with Gasteiger partial charge in [0.25, 0.3) is 0 Å². The van der Waals surface area contributed by atoms with Gasteiger partial charge in [-0.15, -0.1) is 0 Å². The zero-order chi connectivity index (χ0) is 15.3. The molecule has 20 heavy (non-hydrogen) atoms. The number of aliphatic carboxylic acids is 1. The summed E-state index contributed by atoms with van der Waals surface area (Å²) in [6, 6.07) is -1.29. The molecule has 0 spiro atoms. The molecule has 6 nitrogen and oxygen atoms in total. The van der Waals surface area contributed by atoms with E-state index in [1.165, 1.54) is 0 Å². The van der Waals surface area contributed by atoms with Crippen LogP contribution in [0.25, 0.3) is 0 Å². The van der Waals surface area contributed by atoms with Gasteiger partial charge >= 0.3 is 12.0 Å². The highest BCUT2D eigenvalue weighted by Crippen LogP contribution is 2.19. The lowest BCUT2D eigenvalue weighted by atomic mass is 9.87. The van der Waals surface area contributed by atoms with Crippen molar-refractivity contribution in [3.63, 3.8) is 0 Å². The van der Waals surface area contributed by atoms with E-state index in [-0.39, 0.29) is 0 Å². The minimum atomic E-state index is -1.01. The molecule has 0 aliphatic carbocycles. The van der Waals surface area contributed by atoms with E-state index in [0.29, 0.717) is 12.5 Å². The van der Waals surface area contributed by atoms with Crippen LogP contribution in [0.1, 0.15) is 33.6 Å². The molecule has 0 radical (unpaired) electrons. The number of nitrogens with zero attached hydrogens (tertiary/aromatic N) is 1. The van der Waals surface area contributed by atoms with Crippen molar-refractivity contribution >= 4 is 12.0 Å². The van der Waals surface area contributed by atoms with Crippen LogP contribution in [-0.2, 0) is 4.79 Å². The summed E-state index contributed by atoms with van der Waals surface area (Å²) in [7, 11) is 2.08. The van der Waals surface area contributed by atoms with Gasteiger partial charge in [0.15, 0.2) is 0 Å². The van der Waals surface area contributed by atoms with Crippen LogP contribution in [0.4, 0.5) is 4.79 Å². The normalized spacial score (nSPS) is 22.1. The van der Waals surface area contributed by atoms with Crippen molar-refractivity contribution in [1.82, 2.24) is 15.5 Å². The van der Waals surface area contributed by atoms with Crippen molar-refractivity contribution < 1.29 is 14.7 Å². The van der Waals surface area contributed by atoms with Crippen LogP contribution < -0.4 is 10.6 Å². The first-order valence-electron chi connectivity index (χ1n) is 7.16. The fourth-order valence-electron chi connectivity index (χ4n) is 2.51. The number of nitrogens with one attached hydrogen (secondary N) is 2. The van der Waals surface area contributed by atoms with Gasteiger partial charge in [0.2, 0.25) is 0 Å². The maximum Gasteiger partial charge on any atom is 0.326 e. The highest BCUT2D eigenvalue weighted by Gasteiger charge is 2.32. The van der Waals surface area contributed by atoms with Crippen LogP contribution in [-0.4, -0.2) is 54.7 Å². The highest BCUT2D eigenvalue weighted by molar-refractivity contribution is 5.83. The molecule has 0 bridgehead atoms. The first-order valence-corrected chi connectivity index (χ1v) is 7.16. The minimum Gasteiger partial charge on any atom is -0.480 e. The molecule has 1 saturated heterocycles. The molecule has 0 saturated carbocycles. The Morgan fingerprint density at radius 2 is 2.05 bits per heavy atom. The third kappa shape index (κ3) is 5.36. The number of hydrogen-bond acceptors (Lipinski definition) is 3. The van der Waals surface area contributed by atoms with Gasteiger partial charge in [0.1, 0.15) is 6.04 Å². The second kappa shape index (κ2) is 6.92. The second-order valence-corrected chi connectivity index (χ2v) is 6.76. The second-order valence-electron chi connectivity index (χ2n) is 6.76. The van der Waals surface area contributed by atoms with Gasteiger partial charge in [0.05, 0.1) is 0 Å². The summed E-state index contributed by atoms with van der Waals surface area (Å²) < 4.78 is 0. The Kier molecular flexibility index (Phi) is 5.80. The van der Waals surface area contributed by atoms with Crippen LogP contribution in [0, 0.1) is 11.3 Å². The molecule has 0 aromatic heterocycles. The Hall–Kier alpha value is -1.30. The average molecular weight is 285 g/mol. The first-order chi connectivity index (χ1) is 9.20. The Morgan fingerprint density at radius 1 is 1.40 bits per heavy atom. The van der Waals surface area contributed by atoms with E-state index in [1.807, 2.05) is 0 Å². The van der Waals surface area contributed by atoms with Crippen molar-refractivity contribution in [3.8, 4) is 0 Å². The van der Waals surface area contributed by atoms with Crippen molar-refractivity contribution in [3.05, 3.63) is 0 Å². The van der Waals surface area contributed by atoms with Crippen LogP contribution in [0.3, 0.4) is 0 Å². The van der Waals surface area contributed by atoms with Gasteiger partial charge in [-0.3, -0.25) is 0 Å². The quantitative estimate of drug-likeness (QED) is 0.723. The predicted molar refractivity (Wildman–Crippen MR) is 77.6 cm³/mol. The van der Waals surface area contributed by atoms with Crippen LogP contribution in [0.5, 0.6) is 0 Å². The summed E-state index contributed by atoms with van der Waals surface area (Å²) in [5, 5.41) is 14.5. The number of carbonyl (C=O) groups excluding carboxylic acids is 1. The molecule has 0 aromatic rings. The number of carbonyl (C=O) groups is 2. The zero-order valence-corrected chi connectivity index (χ0v) is 12.9. The molecule has 3 N–H and O–H groups in total. The van der Waals surface area contributed by atoms with Crippen LogP contribution in [0.2, 0.25) is 0 Å². The molecule has 1 aliphatic rings. The Bertz CT molecular complexity index is 352. The molecule has 1 heterocycles. The van der Waals surface area contributed by atoms with E-state index < -0.39 is 23.5 Å². The number of piperidine rings is 1. The third-order valence-electron chi connectivity index (χ3n) is 3.66. The summed E-state index contributed by atoms with van der Waals surface area (Å²) in [4.78, 5) is 25.3. The van der Waals surface area contributed by atoms with Gasteiger partial charge < -0.3 is 20.6 Å². The van der Waals surface area contributed by atoms with E-state index in [9.17, 15) is 9.59 Å². The molecule has 116 valence electrons. The number of amides is 2. The molecule has 2 atom stereocenters. The lowest BCUT2D eigenvalue weighted by Gasteiger charge is -2.31. The lowest BCUT2D eigenvalue weighted by Crippen LogP contribution is -2.53. The number of likely N-dealkylation sites (tertiary alicyclic amines) is 1. The summed E-state index contributed by atoms with van der Waals surface area (Å²) in [6.45, 7) is 8.05. The smallest absolute Gasteiger partial charge is 0.326 e. The molecule has 1 aliphatic heterocycles. The number of urea groups is 1. The predicted octanol–water partition coefficient (Wildman–Crippen LogP) is 1.13. The van der Waals surface area contributed by atoms with Gasteiger partial charge in [-0.2, -0.15) is 0 Å². The maximum absolute atomic E-state index is 11.8. The third-order valence-corrected chi connectivity index (χ3v) is 3.66. The summed E-state index contributed by atoms with van der Waals surface area (Å²) >= 11 is 0. The van der Waals surface area contributed by atoms with Crippen molar-refractivity contribution in [1.29, 1.82) is 0 Å². The Balaban J connectivity index is 2.40.